The van der Waals surface area contributed by atoms with Crippen molar-refractivity contribution in [1.82, 2.24) is 29.4 Å². The van der Waals surface area contributed by atoms with Gasteiger partial charge in [-0.05, 0) is 13.3 Å². The molecule has 0 aliphatic rings. The predicted octanol–water partition coefficient (Wildman–Crippen LogP) is 2.37. The van der Waals surface area contributed by atoms with E-state index < -0.39 is 12.0 Å². The van der Waals surface area contributed by atoms with Crippen LogP contribution in [0.3, 0.4) is 0 Å². The average molecular weight is 369 g/mol. The smallest absolute Gasteiger partial charge is 0.453 e. The third kappa shape index (κ3) is 3.16. The van der Waals surface area contributed by atoms with Crippen LogP contribution in [-0.4, -0.2) is 36.5 Å². The molecule has 0 saturated heterocycles. The van der Waals surface area contributed by atoms with Crippen LogP contribution in [0.2, 0.25) is 0 Å². The van der Waals surface area contributed by atoms with Gasteiger partial charge in [0.1, 0.15) is 5.82 Å². The molecule has 0 aliphatic heterocycles. The number of hydrogen-bond acceptors (Lipinski definition) is 6. The lowest BCUT2D eigenvalue weighted by Crippen LogP contribution is -2.10. The summed E-state index contributed by atoms with van der Waals surface area (Å²) in [6.07, 6.45) is -3.94. The van der Waals surface area contributed by atoms with E-state index >= 15 is 0 Å². The number of nitrogens with zero attached hydrogens (tertiary/aromatic N) is 6. The lowest BCUT2D eigenvalue weighted by Gasteiger charge is -2.10. The molecule has 3 aromatic heterocycles. The summed E-state index contributed by atoms with van der Waals surface area (Å²) in [4.78, 5) is 7.47. The van der Waals surface area contributed by atoms with E-state index in [4.69, 9.17) is 4.74 Å². The molecule has 0 fully saturated rings. The van der Waals surface area contributed by atoms with Crippen LogP contribution in [-0.2, 0) is 26.2 Å². The van der Waals surface area contributed by atoms with Crippen LogP contribution in [0.4, 0.5) is 19.0 Å². The maximum absolute atomic E-state index is 12.9. The molecule has 0 aromatic carbocycles. The number of ether oxygens (including phenoxy) is 1. The summed E-state index contributed by atoms with van der Waals surface area (Å²) in [5.41, 5.74) is 2.19. The number of nitrogens with one attached hydrogen (secondary N) is 1. The molecule has 3 heterocycles. The third-order valence-electron chi connectivity index (χ3n) is 3.84. The fourth-order valence-electron chi connectivity index (χ4n) is 2.73. The number of aryl methyl sites for hydroxylation is 3. The van der Waals surface area contributed by atoms with Crippen LogP contribution in [0.5, 0.6) is 5.88 Å². The molecule has 0 spiro atoms. The Morgan fingerprint density at radius 1 is 1.23 bits per heavy atom. The summed E-state index contributed by atoms with van der Waals surface area (Å²) in [5, 5.41) is 11.0. The SMILES string of the molecule is CCc1nn(C)c(OC)c1CNc1cc(C)nc2nc(C(F)(F)F)nn12. The third-order valence-corrected chi connectivity index (χ3v) is 3.84. The van der Waals surface area contributed by atoms with Gasteiger partial charge in [-0.1, -0.05) is 6.92 Å². The molecule has 1 N–H and O–H groups in total. The Labute approximate surface area is 147 Å². The van der Waals surface area contributed by atoms with Crippen molar-refractivity contribution in [3.63, 3.8) is 0 Å². The molecule has 11 heteroatoms. The van der Waals surface area contributed by atoms with Gasteiger partial charge in [-0.3, -0.25) is 0 Å². The Kier molecular flexibility index (Phi) is 4.46. The summed E-state index contributed by atoms with van der Waals surface area (Å²) in [6.45, 7) is 3.95. The van der Waals surface area contributed by atoms with E-state index in [1.165, 1.54) is 0 Å². The van der Waals surface area contributed by atoms with Crippen molar-refractivity contribution in [3.05, 3.63) is 28.8 Å². The minimum atomic E-state index is -4.64. The number of alkyl halides is 3. The largest absolute Gasteiger partial charge is 0.481 e. The van der Waals surface area contributed by atoms with E-state index in [0.717, 1.165) is 15.8 Å². The molecule has 0 atom stereocenters. The summed E-state index contributed by atoms with van der Waals surface area (Å²) >= 11 is 0. The van der Waals surface area contributed by atoms with Gasteiger partial charge in [0.25, 0.3) is 11.6 Å². The van der Waals surface area contributed by atoms with Gasteiger partial charge < -0.3 is 10.1 Å². The first-order valence-corrected chi connectivity index (χ1v) is 7.88. The van der Waals surface area contributed by atoms with E-state index in [-0.39, 0.29) is 5.78 Å². The van der Waals surface area contributed by atoms with Crippen molar-refractivity contribution in [2.45, 2.75) is 33.0 Å². The van der Waals surface area contributed by atoms with Gasteiger partial charge in [-0.15, -0.1) is 5.10 Å². The van der Waals surface area contributed by atoms with Crippen LogP contribution >= 0.6 is 0 Å². The Morgan fingerprint density at radius 3 is 2.58 bits per heavy atom. The van der Waals surface area contributed by atoms with Crippen molar-refractivity contribution in [2.24, 2.45) is 7.05 Å². The summed E-state index contributed by atoms with van der Waals surface area (Å²) in [6, 6.07) is 1.61. The molecule has 0 unspecified atom stereocenters. The number of methoxy groups -OCH3 is 1. The molecule has 26 heavy (non-hydrogen) atoms. The number of anilines is 1. The Morgan fingerprint density at radius 2 is 1.96 bits per heavy atom. The second kappa shape index (κ2) is 6.46. The van der Waals surface area contributed by atoms with Gasteiger partial charge in [0, 0.05) is 25.4 Å². The van der Waals surface area contributed by atoms with Crippen molar-refractivity contribution in [3.8, 4) is 5.88 Å². The molecule has 0 bridgehead atoms. The van der Waals surface area contributed by atoms with Crippen molar-refractivity contribution >= 4 is 11.6 Å². The number of hydrogen-bond donors (Lipinski definition) is 1. The second-order valence-corrected chi connectivity index (χ2v) is 5.69. The van der Waals surface area contributed by atoms with Crippen molar-refractivity contribution in [1.29, 1.82) is 0 Å². The summed E-state index contributed by atoms with van der Waals surface area (Å²) in [5.74, 6) is -0.407. The minimum Gasteiger partial charge on any atom is -0.481 e. The van der Waals surface area contributed by atoms with Crippen LogP contribution in [0.1, 0.15) is 29.7 Å². The number of aromatic nitrogens is 6. The first kappa shape index (κ1) is 18.0. The molecule has 0 saturated carbocycles. The quantitative estimate of drug-likeness (QED) is 0.744. The van der Waals surface area contributed by atoms with Gasteiger partial charge in [0.15, 0.2) is 0 Å². The zero-order valence-corrected chi connectivity index (χ0v) is 14.7. The minimum absolute atomic E-state index is 0.117. The lowest BCUT2D eigenvalue weighted by molar-refractivity contribution is -0.144. The highest BCUT2D eigenvalue weighted by Crippen LogP contribution is 2.28. The number of halogens is 3. The Bertz CT molecular complexity index is 945. The van der Waals surface area contributed by atoms with E-state index in [2.05, 4.69) is 25.5 Å². The molecule has 8 nitrogen and oxygen atoms in total. The van der Waals surface area contributed by atoms with Crippen LogP contribution in [0, 0.1) is 6.92 Å². The molecule has 0 aliphatic carbocycles. The van der Waals surface area contributed by atoms with Crippen LogP contribution < -0.4 is 10.1 Å². The molecular formula is C15H18F3N7O. The van der Waals surface area contributed by atoms with Gasteiger partial charge in [-0.25, -0.2) is 9.67 Å². The molecular weight excluding hydrogens is 351 g/mol. The normalized spacial score (nSPS) is 12.0. The maximum atomic E-state index is 12.9. The number of rotatable bonds is 5. The average Bonchev–Trinajstić information content (AvgIpc) is 3.12. The fourth-order valence-corrected chi connectivity index (χ4v) is 2.73. The molecule has 0 radical (unpaired) electrons. The Hall–Kier alpha value is -2.85. The first-order valence-electron chi connectivity index (χ1n) is 7.88. The van der Waals surface area contributed by atoms with Crippen LogP contribution in [0.25, 0.3) is 5.78 Å². The highest BCUT2D eigenvalue weighted by Gasteiger charge is 2.36. The van der Waals surface area contributed by atoms with Gasteiger partial charge in [-0.2, -0.15) is 27.8 Å². The van der Waals surface area contributed by atoms with Gasteiger partial charge in [0.2, 0.25) is 5.88 Å². The maximum Gasteiger partial charge on any atom is 0.453 e. The zero-order chi connectivity index (χ0) is 19.1. The predicted molar refractivity (Wildman–Crippen MR) is 87.0 cm³/mol. The molecule has 0 amide bonds. The second-order valence-electron chi connectivity index (χ2n) is 5.69. The standard InChI is InChI=1S/C15H18F3N7O/c1-5-10-9(12(26-4)24(3)22-10)7-19-11-6-8(2)20-14-21-13(15(16,17)18)23-25(11)14/h6,19H,5,7H2,1-4H3. The monoisotopic (exact) mass is 369 g/mol. The number of fused-ring (bicyclic) bond motifs is 1. The summed E-state index contributed by atoms with van der Waals surface area (Å²) < 4.78 is 46.7. The van der Waals surface area contributed by atoms with E-state index in [1.807, 2.05) is 6.92 Å². The lowest BCUT2D eigenvalue weighted by atomic mass is 10.2. The highest BCUT2D eigenvalue weighted by atomic mass is 19.4. The van der Waals surface area contributed by atoms with E-state index in [0.29, 0.717) is 30.4 Å². The topological polar surface area (TPSA) is 82.2 Å². The molecule has 3 aromatic rings. The van der Waals surface area contributed by atoms with Crippen molar-refractivity contribution < 1.29 is 17.9 Å². The Balaban J connectivity index is 1.98. The van der Waals surface area contributed by atoms with E-state index in [1.54, 1.807) is 31.8 Å². The summed E-state index contributed by atoms with van der Waals surface area (Å²) in [7, 11) is 3.31. The van der Waals surface area contributed by atoms with E-state index in [9.17, 15) is 13.2 Å². The van der Waals surface area contributed by atoms with Gasteiger partial charge >= 0.3 is 6.18 Å². The first-order chi connectivity index (χ1) is 12.2. The van der Waals surface area contributed by atoms with Crippen LogP contribution in [0.15, 0.2) is 6.07 Å². The van der Waals surface area contributed by atoms with Gasteiger partial charge in [0.05, 0.1) is 18.4 Å². The highest BCUT2D eigenvalue weighted by molar-refractivity contribution is 5.47. The molecule has 140 valence electrons. The van der Waals surface area contributed by atoms with Crippen molar-refractivity contribution in [2.75, 3.05) is 12.4 Å². The molecule has 3 rings (SSSR count). The zero-order valence-electron chi connectivity index (χ0n) is 14.7. The fraction of sp³-hybridized carbons (Fsp3) is 0.467.